The van der Waals surface area contributed by atoms with Crippen LogP contribution in [0.2, 0.25) is 0 Å². The third kappa shape index (κ3) is 2.84. The number of carbonyl (C=O) groups is 1. The van der Waals surface area contributed by atoms with E-state index in [4.69, 9.17) is 0 Å². The largest absolute Gasteiger partial charge is 0.338 e. The summed E-state index contributed by atoms with van der Waals surface area (Å²) in [5, 5.41) is 0. The van der Waals surface area contributed by atoms with Gasteiger partial charge in [-0.2, -0.15) is 0 Å². The minimum atomic E-state index is 0.118. The molecule has 0 aliphatic carbocycles. The molecule has 1 unspecified atom stereocenters. The number of nitrogens with zero attached hydrogens (tertiary/aromatic N) is 2. The summed E-state index contributed by atoms with van der Waals surface area (Å²) in [5.74, 6) is 0.118. The monoisotopic (exact) mass is 196 g/mol. The van der Waals surface area contributed by atoms with Gasteiger partial charge in [-0.15, -0.1) is 0 Å². The minimum absolute atomic E-state index is 0.118. The van der Waals surface area contributed by atoms with Crippen molar-refractivity contribution in [3.05, 3.63) is 12.2 Å². The zero-order chi connectivity index (χ0) is 10.6. The zero-order valence-corrected chi connectivity index (χ0v) is 9.36. The van der Waals surface area contributed by atoms with Crippen LogP contribution in [0.5, 0.6) is 0 Å². The lowest BCUT2D eigenvalue weighted by molar-refractivity contribution is -0.127. The Labute approximate surface area is 86.4 Å². The summed E-state index contributed by atoms with van der Waals surface area (Å²) in [4.78, 5) is 15.7. The molecule has 1 aliphatic rings. The third-order valence-corrected chi connectivity index (χ3v) is 2.80. The van der Waals surface area contributed by atoms with Crippen molar-refractivity contribution in [1.82, 2.24) is 9.80 Å². The van der Waals surface area contributed by atoms with Crippen LogP contribution in [0.15, 0.2) is 12.2 Å². The maximum Gasteiger partial charge on any atom is 0.246 e. The van der Waals surface area contributed by atoms with E-state index in [-0.39, 0.29) is 5.91 Å². The van der Waals surface area contributed by atoms with E-state index in [1.807, 2.05) is 18.9 Å². The van der Waals surface area contributed by atoms with Gasteiger partial charge in [-0.25, -0.2) is 0 Å². The molecule has 1 rings (SSSR count). The molecular formula is C11H20N2O. The molecular weight excluding hydrogens is 176 g/mol. The van der Waals surface area contributed by atoms with Gasteiger partial charge in [0.1, 0.15) is 0 Å². The van der Waals surface area contributed by atoms with Crippen LogP contribution in [0.1, 0.15) is 19.8 Å². The van der Waals surface area contributed by atoms with Crippen molar-refractivity contribution in [3.8, 4) is 0 Å². The van der Waals surface area contributed by atoms with Crippen LogP contribution in [-0.2, 0) is 4.79 Å². The van der Waals surface area contributed by atoms with Crippen molar-refractivity contribution in [3.63, 3.8) is 0 Å². The van der Waals surface area contributed by atoms with Crippen LogP contribution in [0.3, 0.4) is 0 Å². The van der Waals surface area contributed by atoms with Crippen molar-refractivity contribution in [2.24, 2.45) is 0 Å². The number of carbonyl (C=O) groups excluding carboxylic acids is 1. The molecule has 0 spiro atoms. The van der Waals surface area contributed by atoms with Crippen LogP contribution in [0.4, 0.5) is 0 Å². The Morgan fingerprint density at radius 3 is 2.86 bits per heavy atom. The van der Waals surface area contributed by atoms with Crippen molar-refractivity contribution in [2.45, 2.75) is 25.8 Å². The Balaban J connectivity index is 2.50. The van der Waals surface area contributed by atoms with Crippen LogP contribution < -0.4 is 0 Å². The van der Waals surface area contributed by atoms with E-state index in [0.717, 1.165) is 19.5 Å². The fourth-order valence-electron chi connectivity index (χ4n) is 1.90. The lowest BCUT2D eigenvalue weighted by atomic mass is 10.1. The normalized spacial score (nSPS) is 24.1. The van der Waals surface area contributed by atoms with Gasteiger partial charge in [0.2, 0.25) is 5.91 Å². The molecule has 1 heterocycles. The van der Waals surface area contributed by atoms with Gasteiger partial charge in [0.05, 0.1) is 0 Å². The fraction of sp³-hybridized carbons (Fsp3) is 0.727. The number of piperidine rings is 1. The topological polar surface area (TPSA) is 23.6 Å². The van der Waals surface area contributed by atoms with Crippen molar-refractivity contribution < 1.29 is 4.79 Å². The van der Waals surface area contributed by atoms with Crippen molar-refractivity contribution in [2.75, 3.05) is 27.2 Å². The summed E-state index contributed by atoms with van der Waals surface area (Å²) in [7, 11) is 4.01. The molecule has 80 valence electrons. The number of rotatable bonds is 2. The highest BCUT2D eigenvalue weighted by Crippen LogP contribution is 2.13. The van der Waals surface area contributed by atoms with Crippen LogP contribution in [-0.4, -0.2) is 48.9 Å². The van der Waals surface area contributed by atoms with Crippen LogP contribution in [0, 0.1) is 0 Å². The van der Waals surface area contributed by atoms with E-state index in [1.54, 1.807) is 12.2 Å². The summed E-state index contributed by atoms with van der Waals surface area (Å²) >= 11 is 0. The highest BCUT2D eigenvalue weighted by atomic mass is 16.2. The predicted molar refractivity (Wildman–Crippen MR) is 58.1 cm³/mol. The Morgan fingerprint density at radius 1 is 1.57 bits per heavy atom. The summed E-state index contributed by atoms with van der Waals surface area (Å²) in [6.07, 6.45) is 5.75. The summed E-state index contributed by atoms with van der Waals surface area (Å²) < 4.78 is 0. The van der Waals surface area contributed by atoms with Gasteiger partial charge in [-0.3, -0.25) is 4.79 Å². The lowest BCUT2D eigenvalue weighted by Crippen LogP contribution is -2.46. The fourth-order valence-corrected chi connectivity index (χ4v) is 1.90. The van der Waals surface area contributed by atoms with E-state index in [2.05, 4.69) is 11.9 Å². The smallest absolute Gasteiger partial charge is 0.246 e. The second kappa shape index (κ2) is 5.15. The Bertz CT molecular complexity index is 225. The Morgan fingerprint density at radius 2 is 2.29 bits per heavy atom. The van der Waals surface area contributed by atoms with Gasteiger partial charge in [0.25, 0.3) is 0 Å². The van der Waals surface area contributed by atoms with Crippen molar-refractivity contribution in [1.29, 1.82) is 0 Å². The molecule has 0 bridgehead atoms. The number of likely N-dealkylation sites (N-methyl/N-ethyl adjacent to an activating group) is 2. The van der Waals surface area contributed by atoms with Gasteiger partial charge < -0.3 is 9.80 Å². The Kier molecular flexibility index (Phi) is 4.14. The Hall–Kier alpha value is -0.830. The maximum absolute atomic E-state index is 11.6. The zero-order valence-electron chi connectivity index (χ0n) is 9.36. The molecule has 1 saturated heterocycles. The second-order valence-electron chi connectivity index (χ2n) is 4.01. The van der Waals surface area contributed by atoms with Gasteiger partial charge in [-0.1, -0.05) is 6.08 Å². The molecule has 3 nitrogen and oxygen atoms in total. The summed E-state index contributed by atoms with van der Waals surface area (Å²) in [6, 6.07) is 0.387. The first-order valence-electron chi connectivity index (χ1n) is 5.23. The van der Waals surface area contributed by atoms with Crippen LogP contribution >= 0.6 is 0 Å². The highest BCUT2D eigenvalue weighted by Gasteiger charge is 2.22. The summed E-state index contributed by atoms with van der Waals surface area (Å²) in [6.45, 7) is 4.03. The number of hydrogen-bond acceptors (Lipinski definition) is 2. The van der Waals surface area contributed by atoms with Crippen molar-refractivity contribution >= 4 is 5.91 Å². The first-order chi connectivity index (χ1) is 6.65. The first-order valence-corrected chi connectivity index (χ1v) is 5.23. The van der Waals surface area contributed by atoms with E-state index < -0.39 is 0 Å². The average molecular weight is 196 g/mol. The molecule has 0 N–H and O–H groups in total. The number of likely N-dealkylation sites (tertiary alicyclic amines) is 1. The maximum atomic E-state index is 11.6. The predicted octanol–water partition coefficient (Wildman–Crippen LogP) is 1.12. The average Bonchev–Trinajstić information content (AvgIpc) is 2.17. The van der Waals surface area contributed by atoms with Gasteiger partial charge in [0.15, 0.2) is 0 Å². The molecule has 0 aromatic heterocycles. The van der Waals surface area contributed by atoms with Gasteiger partial charge in [-0.05, 0) is 39.4 Å². The van der Waals surface area contributed by atoms with Gasteiger partial charge in [0, 0.05) is 19.6 Å². The molecule has 1 amide bonds. The molecule has 1 aliphatic heterocycles. The standard InChI is InChI=1S/C11H20N2O/c1-4-6-11(14)13(3)10-7-5-8-12(2)9-10/h4,6,10H,5,7-9H2,1-3H3. The molecule has 3 heteroatoms. The van der Waals surface area contributed by atoms with Crippen LogP contribution in [0.25, 0.3) is 0 Å². The molecule has 1 atom stereocenters. The first kappa shape index (κ1) is 11.2. The molecule has 1 fully saturated rings. The second-order valence-corrected chi connectivity index (χ2v) is 4.01. The van der Waals surface area contributed by atoms with E-state index >= 15 is 0 Å². The molecule has 0 saturated carbocycles. The highest BCUT2D eigenvalue weighted by molar-refractivity contribution is 5.87. The van der Waals surface area contributed by atoms with E-state index in [9.17, 15) is 4.79 Å². The SMILES string of the molecule is CC=CC(=O)N(C)C1CCCN(C)C1. The molecule has 0 aromatic carbocycles. The number of hydrogen-bond donors (Lipinski definition) is 0. The third-order valence-electron chi connectivity index (χ3n) is 2.80. The molecule has 14 heavy (non-hydrogen) atoms. The number of amides is 1. The minimum Gasteiger partial charge on any atom is -0.338 e. The quantitative estimate of drug-likeness (QED) is 0.618. The van der Waals surface area contributed by atoms with Gasteiger partial charge >= 0.3 is 0 Å². The summed E-state index contributed by atoms with van der Waals surface area (Å²) in [5.41, 5.74) is 0. The van der Waals surface area contributed by atoms with E-state index in [1.165, 1.54) is 6.42 Å². The number of allylic oxidation sites excluding steroid dienone is 1. The molecule has 0 radical (unpaired) electrons. The lowest BCUT2D eigenvalue weighted by Gasteiger charge is -2.35. The van der Waals surface area contributed by atoms with E-state index in [0.29, 0.717) is 6.04 Å². The molecule has 0 aromatic rings.